The fourth-order valence-corrected chi connectivity index (χ4v) is 4.88. The predicted molar refractivity (Wildman–Crippen MR) is 87.5 cm³/mol. The van der Waals surface area contributed by atoms with Crippen molar-refractivity contribution in [2.45, 2.75) is 36.4 Å². The van der Waals surface area contributed by atoms with Crippen LogP contribution in [0.5, 0.6) is 0 Å². The molecule has 2 aromatic heterocycles. The molecular weight excluding hydrogens is 326 g/mol. The molecule has 0 fully saturated rings. The Kier molecular flexibility index (Phi) is 5.11. The predicted octanol–water partition coefficient (Wildman–Crippen LogP) is 2.84. The lowest BCUT2D eigenvalue weighted by Gasteiger charge is -2.07. The SMILES string of the molecule is CC(C)c1cnc(SCc2csc(CS(C)(=O)=O)n2)n1C. The highest BCUT2D eigenvalue weighted by Crippen LogP contribution is 2.25. The van der Waals surface area contributed by atoms with Gasteiger partial charge in [0.05, 0.1) is 5.69 Å². The molecule has 0 bridgehead atoms. The molecule has 0 aliphatic carbocycles. The smallest absolute Gasteiger partial charge is 0.168 e. The molecular formula is C13H19N3O2S3. The van der Waals surface area contributed by atoms with Gasteiger partial charge in [0.2, 0.25) is 0 Å². The average molecular weight is 346 g/mol. The summed E-state index contributed by atoms with van der Waals surface area (Å²) in [6.45, 7) is 4.28. The van der Waals surface area contributed by atoms with Crippen molar-refractivity contribution in [2.24, 2.45) is 7.05 Å². The first-order chi connectivity index (χ1) is 9.76. The van der Waals surface area contributed by atoms with Gasteiger partial charge in [0.25, 0.3) is 0 Å². The number of sulfone groups is 1. The van der Waals surface area contributed by atoms with Gasteiger partial charge in [-0.05, 0) is 5.92 Å². The Bertz CT molecular complexity index is 717. The molecule has 2 aromatic rings. The van der Waals surface area contributed by atoms with Crippen LogP contribution >= 0.6 is 23.1 Å². The third kappa shape index (κ3) is 4.55. The van der Waals surface area contributed by atoms with Crippen LogP contribution in [0.15, 0.2) is 16.7 Å². The first kappa shape index (κ1) is 16.5. The quantitative estimate of drug-likeness (QED) is 0.753. The van der Waals surface area contributed by atoms with Crippen molar-refractivity contribution in [3.8, 4) is 0 Å². The van der Waals surface area contributed by atoms with Gasteiger partial charge >= 0.3 is 0 Å². The largest absolute Gasteiger partial charge is 0.326 e. The van der Waals surface area contributed by atoms with Crippen LogP contribution < -0.4 is 0 Å². The highest BCUT2D eigenvalue weighted by atomic mass is 32.2. The Hall–Kier alpha value is -0.860. The second kappa shape index (κ2) is 6.50. The van der Waals surface area contributed by atoms with Crippen molar-refractivity contribution < 1.29 is 8.42 Å². The number of thiazole rings is 1. The van der Waals surface area contributed by atoms with Crippen molar-refractivity contribution in [3.63, 3.8) is 0 Å². The third-order valence-corrected chi connectivity index (χ3v) is 5.86. The fraction of sp³-hybridized carbons (Fsp3) is 0.538. The molecule has 0 saturated heterocycles. The number of aromatic nitrogens is 3. The van der Waals surface area contributed by atoms with Crippen LogP contribution in [-0.4, -0.2) is 29.2 Å². The molecule has 8 heteroatoms. The van der Waals surface area contributed by atoms with E-state index in [-0.39, 0.29) is 5.75 Å². The van der Waals surface area contributed by atoms with Gasteiger partial charge in [-0.2, -0.15) is 0 Å². The molecule has 2 heterocycles. The molecule has 0 aliphatic rings. The molecule has 0 saturated carbocycles. The second-order valence-electron chi connectivity index (χ2n) is 5.27. The Morgan fingerprint density at radius 3 is 2.71 bits per heavy atom. The zero-order chi connectivity index (χ0) is 15.6. The van der Waals surface area contributed by atoms with E-state index in [4.69, 9.17) is 0 Å². The van der Waals surface area contributed by atoms with E-state index < -0.39 is 9.84 Å². The van der Waals surface area contributed by atoms with Crippen LogP contribution in [0.3, 0.4) is 0 Å². The summed E-state index contributed by atoms with van der Waals surface area (Å²) in [5.74, 6) is 1.16. The summed E-state index contributed by atoms with van der Waals surface area (Å²) < 4.78 is 24.6. The number of thioether (sulfide) groups is 1. The van der Waals surface area contributed by atoms with E-state index in [2.05, 4.69) is 28.4 Å². The molecule has 0 aliphatic heterocycles. The third-order valence-electron chi connectivity index (χ3n) is 2.91. The molecule has 0 spiro atoms. The monoisotopic (exact) mass is 345 g/mol. The van der Waals surface area contributed by atoms with Gasteiger partial charge in [-0.15, -0.1) is 11.3 Å². The first-order valence-electron chi connectivity index (χ1n) is 6.51. The van der Waals surface area contributed by atoms with Gasteiger partial charge in [0.15, 0.2) is 15.0 Å². The normalized spacial score (nSPS) is 12.2. The standard InChI is InChI=1S/C13H19N3O2S3/c1-9(2)11-5-14-13(16(11)3)20-7-10-6-19-12(15-10)8-21(4,17)18/h5-6,9H,7-8H2,1-4H3. The molecule has 0 amide bonds. The maximum atomic E-state index is 11.2. The summed E-state index contributed by atoms with van der Waals surface area (Å²) in [6.07, 6.45) is 3.13. The van der Waals surface area contributed by atoms with Crippen molar-refractivity contribution in [1.82, 2.24) is 14.5 Å². The van der Waals surface area contributed by atoms with Crippen molar-refractivity contribution in [1.29, 1.82) is 0 Å². The molecule has 0 N–H and O–H groups in total. The first-order valence-corrected chi connectivity index (χ1v) is 10.4. The van der Waals surface area contributed by atoms with Gasteiger partial charge in [0, 0.05) is 36.3 Å². The Balaban J connectivity index is 2.01. The van der Waals surface area contributed by atoms with E-state index in [1.54, 1.807) is 11.8 Å². The Labute approximate surface area is 133 Å². The lowest BCUT2D eigenvalue weighted by Crippen LogP contribution is -2.00. The minimum atomic E-state index is -3.02. The van der Waals surface area contributed by atoms with E-state index in [0.29, 0.717) is 16.7 Å². The number of hydrogen-bond donors (Lipinski definition) is 0. The summed E-state index contributed by atoms with van der Waals surface area (Å²) in [7, 11) is -1.00. The van der Waals surface area contributed by atoms with Gasteiger partial charge < -0.3 is 4.57 Å². The van der Waals surface area contributed by atoms with Gasteiger partial charge in [0.1, 0.15) is 10.8 Å². The van der Waals surface area contributed by atoms with Crippen LogP contribution in [0.25, 0.3) is 0 Å². The second-order valence-corrected chi connectivity index (χ2v) is 9.30. The van der Waals surface area contributed by atoms with Crippen molar-refractivity contribution in [2.75, 3.05) is 6.26 Å². The molecule has 5 nitrogen and oxygen atoms in total. The molecule has 0 unspecified atom stereocenters. The van der Waals surface area contributed by atoms with E-state index in [0.717, 1.165) is 10.9 Å². The van der Waals surface area contributed by atoms with Crippen LogP contribution in [-0.2, 0) is 28.4 Å². The number of imidazole rings is 1. The minimum Gasteiger partial charge on any atom is -0.326 e. The lowest BCUT2D eigenvalue weighted by atomic mass is 10.1. The number of hydrogen-bond acceptors (Lipinski definition) is 6. The van der Waals surface area contributed by atoms with E-state index in [9.17, 15) is 8.42 Å². The molecule has 2 rings (SSSR count). The molecule has 0 aromatic carbocycles. The number of rotatable bonds is 6. The summed E-state index contributed by atoms with van der Waals surface area (Å²) in [6, 6.07) is 0. The number of nitrogens with zero attached hydrogens (tertiary/aromatic N) is 3. The van der Waals surface area contributed by atoms with Crippen LogP contribution in [0.4, 0.5) is 0 Å². The highest BCUT2D eigenvalue weighted by Gasteiger charge is 2.12. The Morgan fingerprint density at radius 1 is 1.43 bits per heavy atom. The maximum Gasteiger partial charge on any atom is 0.168 e. The maximum absolute atomic E-state index is 11.2. The van der Waals surface area contributed by atoms with E-state index >= 15 is 0 Å². The van der Waals surface area contributed by atoms with E-state index in [1.807, 2.05) is 18.6 Å². The fourth-order valence-electron chi connectivity index (χ4n) is 1.92. The summed E-state index contributed by atoms with van der Waals surface area (Å²) >= 11 is 3.01. The van der Waals surface area contributed by atoms with Crippen molar-refractivity contribution in [3.05, 3.63) is 28.0 Å². The highest BCUT2D eigenvalue weighted by molar-refractivity contribution is 7.98. The molecule has 0 radical (unpaired) electrons. The van der Waals surface area contributed by atoms with Crippen molar-refractivity contribution >= 4 is 32.9 Å². The topological polar surface area (TPSA) is 64.8 Å². The summed E-state index contributed by atoms with van der Waals surface area (Å²) in [5, 5.41) is 3.52. The van der Waals surface area contributed by atoms with Crippen LogP contribution in [0, 0.1) is 0 Å². The van der Waals surface area contributed by atoms with E-state index in [1.165, 1.54) is 23.3 Å². The molecule has 116 valence electrons. The zero-order valence-corrected chi connectivity index (χ0v) is 15.0. The minimum absolute atomic E-state index is 0.0161. The zero-order valence-electron chi connectivity index (χ0n) is 12.5. The molecule has 0 atom stereocenters. The van der Waals surface area contributed by atoms with Gasteiger partial charge in [-0.1, -0.05) is 25.6 Å². The lowest BCUT2D eigenvalue weighted by molar-refractivity contribution is 0.601. The van der Waals surface area contributed by atoms with Gasteiger partial charge in [-0.25, -0.2) is 18.4 Å². The summed E-state index contributed by atoms with van der Waals surface area (Å²) in [5.41, 5.74) is 2.10. The Morgan fingerprint density at radius 2 is 2.14 bits per heavy atom. The average Bonchev–Trinajstić information content (AvgIpc) is 2.91. The van der Waals surface area contributed by atoms with Crippen LogP contribution in [0.1, 0.15) is 36.2 Å². The summed E-state index contributed by atoms with van der Waals surface area (Å²) in [4.78, 5) is 8.79. The van der Waals surface area contributed by atoms with Crippen LogP contribution in [0.2, 0.25) is 0 Å². The van der Waals surface area contributed by atoms with Gasteiger partial charge in [-0.3, -0.25) is 0 Å². The molecule has 21 heavy (non-hydrogen) atoms.